The molecule has 29 heavy (non-hydrogen) atoms. The summed E-state index contributed by atoms with van der Waals surface area (Å²) in [7, 11) is 2.04. The van der Waals surface area contributed by atoms with Gasteiger partial charge in [-0.1, -0.05) is 18.2 Å². The van der Waals surface area contributed by atoms with Crippen molar-refractivity contribution in [2.75, 3.05) is 24.6 Å². The third-order valence-corrected chi connectivity index (χ3v) is 6.70. The Labute approximate surface area is 171 Å². The van der Waals surface area contributed by atoms with Crippen LogP contribution in [0.2, 0.25) is 0 Å². The minimum atomic E-state index is -0.109. The number of hydrogen-bond donors (Lipinski definition) is 1. The molecule has 6 heteroatoms. The second-order valence-corrected chi connectivity index (χ2v) is 8.64. The van der Waals surface area contributed by atoms with E-state index in [-0.39, 0.29) is 6.61 Å². The second kappa shape index (κ2) is 7.11. The van der Waals surface area contributed by atoms with Crippen molar-refractivity contribution < 1.29 is 9.84 Å². The van der Waals surface area contributed by atoms with Crippen LogP contribution in [0, 0.1) is 5.41 Å². The van der Waals surface area contributed by atoms with Gasteiger partial charge in [0, 0.05) is 31.0 Å². The first-order chi connectivity index (χ1) is 14.1. The first-order valence-electron chi connectivity index (χ1n) is 10.5. The van der Waals surface area contributed by atoms with Crippen LogP contribution < -0.4 is 4.90 Å². The van der Waals surface area contributed by atoms with Crippen molar-refractivity contribution in [2.24, 2.45) is 12.5 Å². The molecule has 0 bridgehead atoms. The quantitative estimate of drug-likeness (QED) is 0.739. The summed E-state index contributed by atoms with van der Waals surface area (Å²) in [5.74, 6) is 0.817. The van der Waals surface area contributed by atoms with Gasteiger partial charge in [0.1, 0.15) is 11.4 Å². The summed E-state index contributed by atoms with van der Waals surface area (Å²) < 4.78 is 7.98. The number of rotatable bonds is 3. The molecule has 2 saturated heterocycles. The Hall–Kier alpha value is -2.44. The molecule has 2 aromatic heterocycles. The van der Waals surface area contributed by atoms with E-state index in [2.05, 4.69) is 34.6 Å². The van der Waals surface area contributed by atoms with Crippen molar-refractivity contribution >= 4 is 16.7 Å². The number of anilines is 1. The largest absolute Gasteiger partial charge is 0.390 e. The van der Waals surface area contributed by atoms with E-state index in [0.717, 1.165) is 61.7 Å². The molecule has 1 N–H and O–H groups in total. The van der Waals surface area contributed by atoms with Gasteiger partial charge in [0.05, 0.1) is 31.2 Å². The minimum Gasteiger partial charge on any atom is -0.390 e. The number of para-hydroxylation sites is 1. The van der Waals surface area contributed by atoms with E-state index in [1.807, 2.05) is 25.4 Å². The van der Waals surface area contributed by atoms with Crippen LogP contribution in [-0.2, 0) is 18.4 Å². The van der Waals surface area contributed by atoms with E-state index in [4.69, 9.17) is 14.7 Å². The van der Waals surface area contributed by atoms with Gasteiger partial charge in [0.15, 0.2) is 5.82 Å². The molecular formula is C23H28N4O2. The van der Waals surface area contributed by atoms with Crippen LogP contribution in [0.25, 0.3) is 22.3 Å². The molecule has 5 rings (SSSR count). The lowest BCUT2D eigenvalue weighted by Crippen LogP contribution is -2.41. The zero-order valence-corrected chi connectivity index (χ0v) is 17.1. The summed E-state index contributed by atoms with van der Waals surface area (Å²) in [5, 5.41) is 11.2. The Kier molecular flexibility index (Phi) is 4.56. The summed E-state index contributed by atoms with van der Waals surface area (Å²) in [5.41, 5.74) is 3.94. The van der Waals surface area contributed by atoms with Crippen molar-refractivity contribution in [3.05, 3.63) is 42.2 Å². The van der Waals surface area contributed by atoms with Gasteiger partial charge in [-0.15, -0.1) is 0 Å². The molecule has 0 aliphatic carbocycles. The SMILES string of the molecule is C[C@H]1CC2(CCN(c3ncc(-c4cc5ccccc5n4C)nc3CO)CC2)CO1. The first kappa shape index (κ1) is 18.6. The first-order valence-corrected chi connectivity index (χ1v) is 10.5. The molecule has 0 amide bonds. The number of nitrogens with zero attached hydrogens (tertiary/aromatic N) is 4. The third-order valence-electron chi connectivity index (χ3n) is 6.70. The van der Waals surface area contributed by atoms with Crippen molar-refractivity contribution in [2.45, 2.75) is 38.9 Å². The van der Waals surface area contributed by atoms with Crippen molar-refractivity contribution in [1.29, 1.82) is 0 Å². The number of hydrogen-bond acceptors (Lipinski definition) is 5. The number of aromatic nitrogens is 3. The monoisotopic (exact) mass is 392 g/mol. The highest BCUT2D eigenvalue weighted by molar-refractivity contribution is 5.86. The van der Waals surface area contributed by atoms with Crippen molar-refractivity contribution in [3.63, 3.8) is 0 Å². The zero-order chi connectivity index (χ0) is 20.0. The highest BCUT2D eigenvalue weighted by atomic mass is 16.5. The van der Waals surface area contributed by atoms with E-state index in [9.17, 15) is 5.11 Å². The molecule has 3 aromatic rings. The number of aliphatic hydroxyl groups excluding tert-OH is 1. The van der Waals surface area contributed by atoms with Crippen molar-refractivity contribution in [3.8, 4) is 11.4 Å². The summed E-state index contributed by atoms with van der Waals surface area (Å²) in [6, 6.07) is 10.4. The molecule has 1 atom stereocenters. The van der Waals surface area contributed by atoms with Crippen LogP contribution in [0.15, 0.2) is 36.5 Å². The average Bonchev–Trinajstić information content (AvgIpc) is 3.28. The van der Waals surface area contributed by atoms with Gasteiger partial charge < -0.3 is 19.3 Å². The van der Waals surface area contributed by atoms with Gasteiger partial charge in [0.2, 0.25) is 0 Å². The lowest BCUT2D eigenvalue weighted by molar-refractivity contribution is 0.0975. The number of aryl methyl sites for hydroxylation is 1. The van der Waals surface area contributed by atoms with E-state index in [1.165, 1.54) is 5.39 Å². The standard InChI is InChI=1S/C23H28N4O2/c1-16-12-23(15-29-16)7-9-27(10-8-23)22-19(14-28)25-18(13-24-22)21-11-17-5-3-4-6-20(17)26(21)2/h3-6,11,13,16,28H,7-10,12,14-15H2,1-2H3/t16-/m0/s1. The molecule has 6 nitrogen and oxygen atoms in total. The zero-order valence-electron chi connectivity index (χ0n) is 17.1. The molecule has 2 aliphatic heterocycles. The van der Waals surface area contributed by atoms with Crippen LogP contribution in [-0.4, -0.2) is 45.4 Å². The van der Waals surface area contributed by atoms with E-state index < -0.39 is 0 Å². The fraction of sp³-hybridized carbons (Fsp3) is 0.478. The van der Waals surface area contributed by atoms with Gasteiger partial charge in [-0.3, -0.25) is 0 Å². The second-order valence-electron chi connectivity index (χ2n) is 8.64. The molecular weight excluding hydrogens is 364 g/mol. The number of fused-ring (bicyclic) bond motifs is 1. The Morgan fingerprint density at radius 3 is 2.72 bits per heavy atom. The van der Waals surface area contributed by atoms with Crippen LogP contribution in [0.3, 0.4) is 0 Å². The molecule has 0 unspecified atom stereocenters. The molecule has 2 fully saturated rings. The fourth-order valence-electron chi connectivity index (χ4n) is 5.04. The summed E-state index contributed by atoms with van der Waals surface area (Å²) in [4.78, 5) is 11.8. The van der Waals surface area contributed by atoms with Gasteiger partial charge >= 0.3 is 0 Å². The topological polar surface area (TPSA) is 63.4 Å². The van der Waals surface area contributed by atoms with Gasteiger partial charge in [-0.2, -0.15) is 0 Å². The molecule has 0 saturated carbocycles. The number of ether oxygens (including phenoxy) is 1. The Balaban J connectivity index is 1.42. The fourth-order valence-corrected chi connectivity index (χ4v) is 5.04. The summed E-state index contributed by atoms with van der Waals surface area (Å²) in [6.45, 7) is 4.81. The van der Waals surface area contributed by atoms with Crippen molar-refractivity contribution in [1.82, 2.24) is 14.5 Å². The number of aliphatic hydroxyl groups is 1. The Bertz CT molecular complexity index is 1040. The maximum absolute atomic E-state index is 10.0. The van der Waals surface area contributed by atoms with Crippen LogP contribution in [0.1, 0.15) is 31.9 Å². The highest BCUT2D eigenvalue weighted by Crippen LogP contribution is 2.42. The highest BCUT2D eigenvalue weighted by Gasteiger charge is 2.41. The average molecular weight is 393 g/mol. The van der Waals surface area contributed by atoms with Crippen LogP contribution >= 0.6 is 0 Å². The van der Waals surface area contributed by atoms with E-state index in [1.54, 1.807) is 0 Å². The third kappa shape index (κ3) is 3.20. The smallest absolute Gasteiger partial charge is 0.152 e. The number of piperidine rings is 1. The molecule has 4 heterocycles. The predicted molar refractivity (Wildman–Crippen MR) is 114 cm³/mol. The van der Waals surface area contributed by atoms with Gasteiger partial charge in [-0.25, -0.2) is 9.97 Å². The van der Waals surface area contributed by atoms with Crippen LogP contribution in [0.5, 0.6) is 0 Å². The number of benzene rings is 1. The minimum absolute atomic E-state index is 0.109. The lowest BCUT2D eigenvalue weighted by atomic mass is 9.77. The molecule has 1 aromatic carbocycles. The molecule has 2 aliphatic rings. The summed E-state index contributed by atoms with van der Waals surface area (Å²) >= 11 is 0. The van der Waals surface area contributed by atoms with E-state index >= 15 is 0 Å². The Morgan fingerprint density at radius 1 is 1.24 bits per heavy atom. The predicted octanol–water partition coefficient (Wildman–Crippen LogP) is 3.52. The molecule has 1 spiro atoms. The maximum atomic E-state index is 10.0. The maximum Gasteiger partial charge on any atom is 0.152 e. The van der Waals surface area contributed by atoms with Crippen LogP contribution in [0.4, 0.5) is 5.82 Å². The van der Waals surface area contributed by atoms with Gasteiger partial charge in [0.25, 0.3) is 0 Å². The molecule has 152 valence electrons. The lowest BCUT2D eigenvalue weighted by Gasteiger charge is -2.39. The summed E-state index contributed by atoms with van der Waals surface area (Å²) in [6.07, 6.45) is 5.58. The normalized spacial score (nSPS) is 21.3. The van der Waals surface area contributed by atoms with E-state index in [0.29, 0.717) is 17.2 Å². The Morgan fingerprint density at radius 2 is 2.03 bits per heavy atom. The molecule has 0 radical (unpaired) electrons. The van der Waals surface area contributed by atoms with Gasteiger partial charge in [-0.05, 0) is 43.7 Å².